The molecule has 2 aromatic rings. The van der Waals surface area contributed by atoms with Crippen LogP contribution in [0, 0.1) is 23.4 Å². The van der Waals surface area contributed by atoms with Gasteiger partial charge in [0.15, 0.2) is 23.2 Å². The Balaban J connectivity index is 1.33. The van der Waals surface area contributed by atoms with Gasteiger partial charge in [0.25, 0.3) is 5.91 Å². The zero-order chi connectivity index (χ0) is 25.0. The smallest absolute Gasteiger partial charge is 0.257 e. The first-order valence-electron chi connectivity index (χ1n) is 12.4. The van der Waals surface area contributed by atoms with Crippen molar-refractivity contribution in [1.29, 1.82) is 0 Å². The van der Waals surface area contributed by atoms with Gasteiger partial charge in [-0.2, -0.15) is 0 Å². The Morgan fingerprint density at radius 3 is 2.19 bits per heavy atom. The fourth-order valence-corrected chi connectivity index (χ4v) is 5.47. The van der Waals surface area contributed by atoms with Crippen LogP contribution in [-0.2, 0) is 14.3 Å². The third-order valence-corrected chi connectivity index (χ3v) is 7.66. The van der Waals surface area contributed by atoms with Gasteiger partial charge in [0.2, 0.25) is 5.91 Å². The van der Waals surface area contributed by atoms with Crippen LogP contribution < -0.4 is 4.90 Å². The van der Waals surface area contributed by atoms with E-state index in [1.807, 2.05) is 4.90 Å². The van der Waals surface area contributed by atoms with Gasteiger partial charge in [-0.1, -0.05) is 0 Å². The minimum atomic E-state index is -1.60. The summed E-state index contributed by atoms with van der Waals surface area (Å²) in [5.74, 6) is -5.08. The van der Waals surface area contributed by atoms with E-state index in [0.29, 0.717) is 71.0 Å². The average molecular weight is 505 g/mol. The van der Waals surface area contributed by atoms with Gasteiger partial charge in [0, 0.05) is 69.6 Å². The van der Waals surface area contributed by atoms with Crippen molar-refractivity contribution >= 4 is 28.4 Å². The van der Waals surface area contributed by atoms with Crippen molar-refractivity contribution in [1.82, 2.24) is 14.8 Å². The molecule has 3 aliphatic heterocycles. The zero-order valence-electron chi connectivity index (χ0n) is 19.8. The maximum atomic E-state index is 14.7. The van der Waals surface area contributed by atoms with E-state index in [1.54, 1.807) is 9.80 Å². The van der Waals surface area contributed by atoms with Crippen LogP contribution in [0.1, 0.15) is 36.0 Å². The minimum absolute atomic E-state index is 0.0454. The molecule has 0 radical (unpaired) electrons. The maximum Gasteiger partial charge on any atom is 0.257 e. The molecule has 3 saturated heterocycles. The molecule has 1 spiro atoms. The van der Waals surface area contributed by atoms with Crippen molar-refractivity contribution in [3.8, 4) is 0 Å². The lowest BCUT2D eigenvalue weighted by molar-refractivity contribution is -0.169. The SMILES string of the molecule is O=C(c1cnc2c(F)c(F)c(F)cc2c1N1CCC2(CC1)OCCO2)N1CCN(C(=O)C2CC2)CC1. The number of piperazine rings is 1. The lowest BCUT2D eigenvalue weighted by Crippen LogP contribution is -2.51. The number of carbonyl (C=O) groups excluding carboxylic acids is 2. The molecule has 1 aromatic heterocycles. The van der Waals surface area contributed by atoms with E-state index in [4.69, 9.17) is 9.47 Å². The number of hydrogen-bond acceptors (Lipinski definition) is 6. The maximum absolute atomic E-state index is 14.7. The number of hydrogen-bond donors (Lipinski definition) is 0. The second kappa shape index (κ2) is 8.88. The quantitative estimate of drug-likeness (QED) is 0.599. The molecule has 1 aliphatic carbocycles. The number of rotatable bonds is 3. The molecule has 36 heavy (non-hydrogen) atoms. The number of piperidine rings is 1. The highest BCUT2D eigenvalue weighted by Gasteiger charge is 2.41. The number of aromatic nitrogens is 1. The molecule has 11 heteroatoms. The molecule has 1 aromatic carbocycles. The molecular formula is C25H27F3N4O4. The summed E-state index contributed by atoms with van der Waals surface area (Å²) in [6.45, 7) is 3.43. The van der Waals surface area contributed by atoms with Gasteiger partial charge in [0.1, 0.15) is 5.52 Å². The van der Waals surface area contributed by atoms with Gasteiger partial charge in [-0.25, -0.2) is 13.2 Å². The van der Waals surface area contributed by atoms with Crippen molar-refractivity contribution in [2.24, 2.45) is 5.92 Å². The highest BCUT2D eigenvalue weighted by molar-refractivity contribution is 6.07. The third kappa shape index (κ3) is 3.98. The van der Waals surface area contributed by atoms with E-state index in [-0.39, 0.29) is 34.2 Å². The number of amides is 2. The van der Waals surface area contributed by atoms with Gasteiger partial charge in [-0.05, 0) is 18.9 Å². The molecular weight excluding hydrogens is 477 g/mol. The molecule has 8 nitrogen and oxygen atoms in total. The van der Waals surface area contributed by atoms with Crippen molar-refractivity contribution in [2.45, 2.75) is 31.5 Å². The number of halogens is 3. The summed E-state index contributed by atoms with van der Waals surface area (Å²) in [6, 6.07) is 0.909. The standard InChI is InChI=1S/C25H27F3N4O4/c26-18-13-16-21(20(28)19(18)27)29-14-17(22(16)30-5-3-25(4-6-30)35-11-12-36-25)24(34)32-9-7-31(8-10-32)23(33)15-1-2-15/h13-15H,1-12H2. The number of anilines is 1. The van der Waals surface area contributed by atoms with Gasteiger partial charge in [-0.3, -0.25) is 14.6 Å². The highest BCUT2D eigenvalue weighted by atomic mass is 19.2. The van der Waals surface area contributed by atoms with Gasteiger partial charge >= 0.3 is 0 Å². The fraction of sp³-hybridized carbons (Fsp3) is 0.560. The summed E-state index contributed by atoms with van der Waals surface area (Å²) in [5.41, 5.74) is 0.195. The first kappa shape index (κ1) is 23.5. The van der Waals surface area contributed by atoms with Crippen LogP contribution in [0.4, 0.5) is 18.9 Å². The minimum Gasteiger partial charge on any atom is -0.370 e. The van der Waals surface area contributed by atoms with Gasteiger partial charge in [-0.15, -0.1) is 0 Å². The molecule has 4 heterocycles. The topological polar surface area (TPSA) is 75.2 Å². The van der Waals surface area contributed by atoms with Crippen molar-refractivity contribution in [2.75, 3.05) is 57.4 Å². The van der Waals surface area contributed by atoms with Crippen molar-refractivity contribution < 1.29 is 32.2 Å². The number of fused-ring (bicyclic) bond motifs is 1. The Morgan fingerprint density at radius 1 is 0.917 bits per heavy atom. The number of benzene rings is 1. The molecule has 1 saturated carbocycles. The van der Waals surface area contributed by atoms with Crippen LogP contribution in [0.3, 0.4) is 0 Å². The monoisotopic (exact) mass is 504 g/mol. The number of nitrogens with zero attached hydrogens (tertiary/aromatic N) is 4. The molecule has 2 amide bonds. The van der Waals surface area contributed by atoms with Gasteiger partial charge in [0.05, 0.1) is 24.5 Å². The number of ether oxygens (including phenoxy) is 2. The van der Waals surface area contributed by atoms with Crippen LogP contribution in [0.2, 0.25) is 0 Å². The molecule has 192 valence electrons. The summed E-state index contributed by atoms with van der Waals surface area (Å²) in [5, 5.41) is 0.0454. The predicted molar refractivity (Wildman–Crippen MR) is 123 cm³/mol. The van der Waals surface area contributed by atoms with E-state index in [0.717, 1.165) is 18.9 Å². The first-order chi connectivity index (χ1) is 17.4. The Kier molecular flexibility index (Phi) is 5.79. The normalized spacial score (nSPS) is 22.0. The van der Waals surface area contributed by atoms with E-state index in [2.05, 4.69) is 4.98 Å². The Bertz CT molecular complexity index is 1210. The zero-order valence-corrected chi connectivity index (χ0v) is 19.8. The van der Waals surface area contributed by atoms with Crippen molar-refractivity contribution in [3.63, 3.8) is 0 Å². The molecule has 0 N–H and O–H groups in total. The lowest BCUT2D eigenvalue weighted by Gasteiger charge is -2.40. The number of pyridine rings is 1. The molecule has 4 aliphatic rings. The van der Waals surface area contributed by atoms with Crippen LogP contribution in [0.5, 0.6) is 0 Å². The molecule has 0 atom stereocenters. The fourth-order valence-electron chi connectivity index (χ4n) is 5.47. The summed E-state index contributed by atoms with van der Waals surface area (Å²) < 4.78 is 54.6. The Morgan fingerprint density at radius 2 is 1.56 bits per heavy atom. The van der Waals surface area contributed by atoms with Crippen molar-refractivity contribution in [3.05, 3.63) is 35.3 Å². The average Bonchev–Trinajstić information content (AvgIpc) is 3.66. The first-order valence-corrected chi connectivity index (χ1v) is 12.4. The van der Waals surface area contributed by atoms with Crippen LogP contribution in [-0.4, -0.2) is 84.9 Å². The van der Waals surface area contributed by atoms with E-state index in [9.17, 15) is 22.8 Å². The van der Waals surface area contributed by atoms with E-state index < -0.39 is 23.2 Å². The van der Waals surface area contributed by atoms with E-state index >= 15 is 0 Å². The predicted octanol–water partition coefficient (Wildman–Crippen LogP) is 2.69. The van der Waals surface area contributed by atoms with Gasteiger partial charge < -0.3 is 24.2 Å². The molecule has 4 fully saturated rings. The third-order valence-electron chi connectivity index (χ3n) is 7.66. The molecule has 6 rings (SSSR count). The summed E-state index contributed by atoms with van der Waals surface area (Å²) in [6.07, 6.45) is 4.11. The second-order valence-electron chi connectivity index (χ2n) is 9.89. The molecule has 0 unspecified atom stereocenters. The van der Waals surface area contributed by atoms with E-state index in [1.165, 1.54) is 6.20 Å². The lowest BCUT2D eigenvalue weighted by atomic mass is 9.99. The largest absolute Gasteiger partial charge is 0.370 e. The second-order valence-corrected chi connectivity index (χ2v) is 9.89. The Hall–Kier alpha value is -2.92. The summed E-state index contributed by atoms with van der Waals surface area (Å²) >= 11 is 0. The Labute approximate surface area is 205 Å². The highest BCUT2D eigenvalue weighted by Crippen LogP contribution is 2.39. The van der Waals surface area contributed by atoms with Crippen LogP contribution in [0.25, 0.3) is 10.9 Å². The number of carbonyl (C=O) groups is 2. The summed E-state index contributed by atoms with van der Waals surface area (Å²) in [4.78, 5) is 35.4. The van der Waals surface area contributed by atoms with Crippen LogP contribution >= 0.6 is 0 Å². The van der Waals surface area contributed by atoms with Crippen LogP contribution in [0.15, 0.2) is 12.3 Å². The molecule has 0 bridgehead atoms. The summed E-state index contributed by atoms with van der Waals surface area (Å²) in [7, 11) is 0.